The zero-order valence-corrected chi connectivity index (χ0v) is 15.5. The van der Waals surface area contributed by atoms with Crippen molar-refractivity contribution in [1.82, 2.24) is 34.8 Å². The zero-order valence-electron chi connectivity index (χ0n) is 15.5. The van der Waals surface area contributed by atoms with Crippen molar-refractivity contribution < 1.29 is 0 Å². The number of aromatic amines is 1. The van der Waals surface area contributed by atoms with Crippen molar-refractivity contribution in [3.05, 3.63) is 78.9 Å². The van der Waals surface area contributed by atoms with Crippen LogP contribution in [-0.4, -0.2) is 41.3 Å². The molecular weight excluding hydrogens is 364 g/mol. The second-order valence-electron chi connectivity index (χ2n) is 6.51. The van der Waals surface area contributed by atoms with Crippen molar-refractivity contribution in [2.75, 3.05) is 11.9 Å². The van der Waals surface area contributed by atoms with Gasteiger partial charge in [0.05, 0.1) is 5.69 Å². The van der Waals surface area contributed by atoms with Gasteiger partial charge in [-0.3, -0.25) is 5.10 Å². The van der Waals surface area contributed by atoms with E-state index in [1.165, 1.54) is 6.33 Å². The van der Waals surface area contributed by atoms with Crippen LogP contribution in [0.2, 0.25) is 0 Å². The number of H-pyrrole nitrogens is 1. The third kappa shape index (κ3) is 3.55. The molecule has 2 aromatic carbocycles. The Labute approximate surface area is 166 Å². The molecule has 3 heterocycles. The number of fused-ring (bicyclic) bond motifs is 1. The van der Waals surface area contributed by atoms with E-state index >= 15 is 0 Å². The normalized spacial score (nSPS) is 11.0. The maximum atomic E-state index is 4.59. The fourth-order valence-electron chi connectivity index (χ4n) is 3.13. The second-order valence-corrected chi connectivity index (χ2v) is 6.51. The van der Waals surface area contributed by atoms with Crippen LogP contribution in [0.1, 0.15) is 5.82 Å². The zero-order chi connectivity index (χ0) is 19.5. The summed E-state index contributed by atoms with van der Waals surface area (Å²) in [6.45, 7) is 0.663. The quantitative estimate of drug-likeness (QED) is 0.468. The molecule has 8 nitrogen and oxygen atoms in total. The van der Waals surface area contributed by atoms with Crippen LogP contribution >= 0.6 is 0 Å². The minimum Gasteiger partial charge on any atom is -0.369 e. The van der Waals surface area contributed by atoms with Crippen LogP contribution in [0.15, 0.2) is 73.1 Å². The van der Waals surface area contributed by atoms with Gasteiger partial charge in [0, 0.05) is 30.2 Å². The van der Waals surface area contributed by atoms with Crippen molar-refractivity contribution in [1.29, 1.82) is 0 Å². The Balaban J connectivity index is 1.33. The molecular formula is C21H18N8. The van der Waals surface area contributed by atoms with Gasteiger partial charge in [0.1, 0.15) is 18.0 Å². The minimum atomic E-state index is 0.555. The number of anilines is 1. The Bertz CT molecular complexity index is 1230. The Morgan fingerprint density at radius 2 is 1.66 bits per heavy atom. The first-order valence-corrected chi connectivity index (χ1v) is 9.33. The molecule has 0 radical (unpaired) electrons. The van der Waals surface area contributed by atoms with Crippen molar-refractivity contribution in [2.45, 2.75) is 6.42 Å². The van der Waals surface area contributed by atoms with E-state index in [2.05, 4.69) is 35.6 Å². The summed E-state index contributed by atoms with van der Waals surface area (Å²) in [5.41, 5.74) is 2.87. The summed E-state index contributed by atoms with van der Waals surface area (Å²) in [5, 5.41) is 15.0. The standard InChI is InChI=1S/C21H18N8/c1-3-7-15(8-4-1)17-13-19(29-21(25-17)23-14-24-29)22-12-11-18-26-20(28-27-18)16-9-5-2-6-10-16/h1-10,13-14,22H,11-12H2,(H,26,27,28). The van der Waals surface area contributed by atoms with E-state index in [1.807, 2.05) is 66.7 Å². The summed E-state index contributed by atoms with van der Waals surface area (Å²) in [4.78, 5) is 13.4. The van der Waals surface area contributed by atoms with Gasteiger partial charge in [-0.2, -0.15) is 19.7 Å². The first-order chi connectivity index (χ1) is 14.4. The van der Waals surface area contributed by atoms with Gasteiger partial charge in [-0.05, 0) is 0 Å². The molecule has 5 aromatic rings. The highest BCUT2D eigenvalue weighted by Gasteiger charge is 2.10. The van der Waals surface area contributed by atoms with Gasteiger partial charge in [-0.25, -0.2) is 9.97 Å². The Hall–Kier alpha value is -4.07. The molecule has 0 atom stereocenters. The Kier molecular flexibility index (Phi) is 4.42. The molecule has 0 saturated carbocycles. The third-order valence-electron chi connectivity index (χ3n) is 4.55. The third-order valence-corrected chi connectivity index (χ3v) is 4.55. The summed E-state index contributed by atoms with van der Waals surface area (Å²) < 4.78 is 1.70. The van der Waals surface area contributed by atoms with Crippen molar-refractivity contribution in [3.63, 3.8) is 0 Å². The predicted octanol–water partition coefficient (Wildman–Crippen LogP) is 3.23. The Morgan fingerprint density at radius 1 is 0.897 bits per heavy atom. The van der Waals surface area contributed by atoms with Gasteiger partial charge in [-0.1, -0.05) is 60.7 Å². The highest BCUT2D eigenvalue weighted by Crippen LogP contribution is 2.21. The summed E-state index contributed by atoms with van der Waals surface area (Å²) in [6, 6.07) is 21.9. The van der Waals surface area contributed by atoms with Crippen LogP contribution in [0.5, 0.6) is 0 Å². The molecule has 142 valence electrons. The lowest BCUT2D eigenvalue weighted by Gasteiger charge is -2.09. The molecule has 8 heteroatoms. The molecule has 0 aliphatic carbocycles. The summed E-state index contributed by atoms with van der Waals surface area (Å²) >= 11 is 0. The van der Waals surface area contributed by atoms with E-state index in [0.29, 0.717) is 24.6 Å². The maximum absolute atomic E-state index is 4.59. The molecule has 0 unspecified atom stereocenters. The maximum Gasteiger partial charge on any atom is 0.254 e. The predicted molar refractivity (Wildman–Crippen MR) is 110 cm³/mol. The minimum absolute atomic E-state index is 0.555. The van der Waals surface area contributed by atoms with Crippen molar-refractivity contribution in [2.24, 2.45) is 0 Å². The lowest BCUT2D eigenvalue weighted by atomic mass is 10.1. The van der Waals surface area contributed by atoms with Crippen LogP contribution in [0.3, 0.4) is 0 Å². The van der Waals surface area contributed by atoms with Gasteiger partial charge < -0.3 is 5.32 Å². The lowest BCUT2D eigenvalue weighted by molar-refractivity contribution is 0.875. The van der Waals surface area contributed by atoms with E-state index in [1.54, 1.807) is 4.52 Å². The monoisotopic (exact) mass is 382 g/mol. The van der Waals surface area contributed by atoms with Crippen LogP contribution in [0, 0.1) is 0 Å². The fraction of sp³-hybridized carbons (Fsp3) is 0.0952. The number of rotatable bonds is 6. The van der Waals surface area contributed by atoms with Gasteiger partial charge in [-0.15, -0.1) is 0 Å². The van der Waals surface area contributed by atoms with Gasteiger partial charge in [0.25, 0.3) is 5.78 Å². The molecule has 0 amide bonds. The van der Waals surface area contributed by atoms with Crippen LogP contribution in [-0.2, 0) is 6.42 Å². The van der Waals surface area contributed by atoms with Gasteiger partial charge in [0.15, 0.2) is 5.82 Å². The molecule has 2 N–H and O–H groups in total. The van der Waals surface area contributed by atoms with Gasteiger partial charge >= 0.3 is 0 Å². The highest BCUT2D eigenvalue weighted by molar-refractivity contribution is 5.65. The topological polar surface area (TPSA) is 96.7 Å². The molecule has 29 heavy (non-hydrogen) atoms. The van der Waals surface area contributed by atoms with Crippen molar-refractivity contribution in [3.8, 4) is 22.6 Å². The first-order valence-electron chi connectivity index (χ1n) is 9.33. The van der Waals surface area contributed by atoms with Crippen LogP contribution in [0.4, 0.5) is 5.82 Å². The summed E-state index contributed by atoms with van der Waals surface area (Å²) in [5.74, 6) is 2.91. The molecule has 0 spiro atoms. The highest BCUT2D eigenvalue weighted by atomic mass is 15.4. The van der Waals surface area contributed by atoms with E-state index in [9.17, 15) is 0 Å². The average molecular weight is 382 g/mol. The molecule has 0 fully saturated rings. The SMILES string of the molecule is c1ccc(-c2cc(NCCc3nc(-c4ccccc4)n[nH]3)n3ncnc3n2)cc1. The molecule has 3 aromatic heterocycles. The fourth-order valence-corrected chi connectivity index (χ4v) is 3.13. The largest absolute Gasteiger partial charge is 0.369 e. The number of benzene rings is 2. The Morgan fingerprint density at radius 3 is 2.45 bits per heavy atom. The second kappa shape index (κ2) is 7.51. The number of hydrogen-bond donors (Lipinski definition) is 2. The molecule has 0 saturated heterocycles. The summed E-state index contributed by atoms with van der Waals surface area (Å²) in [7, 11) is 0. The van der Waals surface area contributed by atoms with Crippen LogP contribution in [0.25, 0.3) is 28.4 Å². The summed E-state index contributed by atoms with van der Waals surface area (Å²) in [6.07, 6.45) is 2.20. The smallest absolute Gasteiger partial charge is 0.254 e. The number of nitrogens with zero attached hydrogens (tertiary/aromatic N) is 6. The number of hydrogen-bond acceptors (Lipinski definition) is 6. The lowest BCUT2D eigenvalue weighted by Crippen LogP contribution is -2.10. The molecule has 0 aliphatic rings. The molecule has 5 rings (SSSR count). The van der Waals surface area contributed by atoms with E-state index in [4.69, 9.17) is 0 Å². The average Bonchev–Trinajstić information content (AvgIpc) is 3.44. The number of nitrogens with one attached hydrogen (secondary N) is 2. The van der Waals surface area contributed by atoms with E-state index < -0.39 is 0 Å². The first kappa shape index (κ1) is 17.1. The molecule has 0 bridgehead atoms. The van der Waals surface area contributed by atoms with Crippen LogP contribution < -0.4 is 5.32 Å². The van der Waals surface area contributed by atoms with Gasteiger partial charge in [0.2, 0.25) is 0 Å². The molecule has 0 aliphatic heterocycles. The van der Waals surface area contributed by atoms with Crippen molar-refractivity contribution >= 4 is 11.6 Å². The van der Waals surface area contributed by atoms with E-state index in [0.717, 1.165) is 28.5 Å². The number of aromatic nitrogens is 7. The van der Waals surface area contributed by atoms with E-state index in [-0.39, 0.29) is 0 Å².